The first kappa shape index (κ1) is 19.5. The Kier molecular flexibility index (Phi) is 7.64. The maximum Gasteiger partial charge on any atom is 0.238 e. The van der Waals surface area contributed by atoms with Gasteiger partial charge in [0.2, 0.25) is 11.8 Å². The Bertz CT molecular complexity index is 702. The largest absolute Gasteiger partial charge is 0.492 e. The molecule has 6 nitrogen and oxygen atoms in total. The minimum Gasteiger partial charge on any atom is -0.492 e. The van der Waals surface area contributed by atoms with Crippen molar-refractivity contribution in [3.8, 4) is 5.75 Å². The Morgan fingerprint density at radius 1 is 0.962 bits per heavy atom. The summed E-state index contributed by atoms with van der Waals surface area (Å²) < 4.78 is 5.68. The van der Waals surface area contributed by atoms with Crippen molar-refractivity contribution in [1.29, 1.82) is 0 Å². The van der Waals surface area contributed by atoms with Crippen LogP contribution in [-0.2, 0) is 9.59 Å². The quantitative estimate of drug-likeness (QED) is 0.725. The van der Waals surface area contributed by atoms with E-state index in [4.69, 9.17) is 4.74 Å². The fourth-order valence-corrected chi connectivity index (χ4v) is 2.40. The number of carbonyl (C=O) groups is 2. The minimum atomic E-state index is -0.127. The van der Waals surface area contributed by atoms with E-state index < -0.39 is 0 Å². The van der Waals surface area contributed by atoms with Crippen molar-refractivity contribution in [2.75, 3.05) is 36.9 Å². The van der Waals surface area contributed by atoms with Crippen molar-refractivity contribution in [1.82, 2.24) is 4.90 Å². The molecule has 0 heterocycles. The Hall–Kier alpha value is -2.86. The number of rotatable bonds is 9. The summed E-state index contributed by atoms with van der Waals surface area (Å²) in [6.07, 6.45) is 0. The molecule has 0 fully saturated rings. The first-order valence-electron chi connectivity index (χ1n) is 8.64. The molecule has 0 atom stereocenters. The number of likely N-dealkylation sites (N-methyl/N-ethyl adjacent to an activating group) is 1. The van der Waals surface area contributed by atoms with E-state index in [0.29, 0.717) is 31.1 Å². The molecule has 2 aromatic rings. The number of nitrogens with one attached hydrogen (secondary N) is 2. The van der Waals surface area contributed by atoms with Gasteiger partial charge in [-0.05, 0) is 42.9 Å². The third-order valence-electron chi connectivity index (χ3n) is 3.72. The third kappa shape index (κ3) is 6.94. The lowest BCUT2D eigenvalue weighted by Crippen LogP contribution is -2.35. The first-order chi connectivity index (χ1) is 12.6. The highest BCUT2D eigenvalue weighted by molar-refractivity contribution is 5.93. The van der Waals surface area contributed by atoms with Crippen LogP contribution in [0.3, 0.4) is 0 Å². The summed E-state index contributed by atoms with van der Waals surface area (Å²) in [6, 6.07) is 16.6. The normalized spacial score (nSPS) is 10.4. The molecule has 0 aliphatic rings. The highest BCUT2D eigenvalue weighted by Gasteiger charge is 2.09. The predicted molar refractivity (Wildman–Crippen MR) is 103 cm³/mol. The zero-order valence-electron chi connectivity index (χ0n) is 15.2. The van der Waals surface area contributed by atoms with Crippen LogP contribution in [0.15, 0.2) is 54.6 Å². The second-order valence-corrected chi connectivity index (χ2v) is 5.84. The Balaban J connectivity index is 1.76. The second kappa shape index (κ2) is 10.2. The molecule has 0 radical (unpaired) electrons. The molecule has 0 unspecified atom stereocenters. The van der Waals surface area contributed by atoms with E-state index in [0.717, 1.165) is 12.3 Å². The van der Waals surface area contributed by atoms with Crippen LogP contribution in [0.25, 0.3) is 0 Å². The van der Waals surface area contributed by atoms with Gasteiger partial charge in [0, 0.05) is 24.8 Å². The molecule has 0 aromatic heterocycles. The van der Waals surface area contributed by atoms with Crippen LogP contribution in [0.1, 0.15) is 13.8 Å². The molecule has 6 heteroatoms. The molecule has 2 amide bonds. The predicted octanol–water partition coefficient (Wildman–Crippen LogP) is 2.98. The lowest BCUT2D eigenvalue weighted by Gasteiger charge is -2.20. The van der Waals surface area contributed by atoms with Gasteiger partial charge in [-0.1, -0.05) is 25.1 Å². The monoisotopic (exact) mass is 355 g/mol. The Morgan fingerprint density at radius 3 is 2.15 bits per heavy atom. The van der Waals surface area contributed by atoms with Gasteiger partial charge in [0.25, 0.3) is 0 Å². The number of anilines is 2. The molecule has 0 bridgehead atoms. The van der Waals surface area contributed by atoms with E-state index >= 15 is 0 Å². The average Bonchev–Trinajstić information content (AvgIpc) is 2.63. The topological polar surface area (TPSA) is 70.7 Å². The van der Waals surface area contributed by atoms with Gasteiger partial charge >= 0.3 is 0 Å². The molecule has 0 spiro atoms. The van der Waals surface area contributed by atoms with Crippen molar-refractivity contribution >= 4 is 23.2 Å². The van der Waals surface area contributed by atoms with Crippen LogP contribution in [0.5, 0.6) is 5.75 Å². The number of nitrogens with zero attached hydrogens (tertiary/aromatic N) is 1. The van der Waals surface area contributed by atoms with Crippen LogP contribution in [-0.4, -0.2) is 43.0 Å². The number of hydrogen-bond donors (Lipinski definition) is 2. The van der Waals surface area contributed by atoms with E-state index in [1.807, 2.05) is 42.2 Å². The van der Waals surface area contributed by atoms with E-state index in [1.54, 1.807) is 24.3 Å². The number of para-hydroxylation sites is 1. The first-order valence-corrected chi connectivity index (χ1v) is 8.64. The zero-order chi connectivity index (χ0) is 18.8. The molecular weight excluding hydrogens is 330 g/mol. The molecular formula is C20H25N3O3. The van der Waals surface area contributed by atoms with Crippen molar-refractivity contribution in [3.63, 3.8) is 0 Å². The van der Waals surface area contributed by atoms with Gasteiger partial charge in [0.15, 0.2) is 0 Å². The van der Waals surface area contributed by atoms with Crippen molar-refractivity contribution in [3.05, 3.63) is 54.6 Å². The summed E-state index contributed by atoms with van der Waals surface area (Å²) in [4.78, 5) is 25.2. The molecule has 0 saturated carbocycles. The lowest BCUT2D eigenvalue weighted by molar-refractivity contribution is -0.117. The van der Waals surface area contributed by atoms with Crippen molar-refractivity contribution in [2.45, 2.75) is 13.8 Å². The summed E-state index contributed by atoms with van der Waals surface area (Å²) in [5.41, 5.74) is 1.39. The van der Waals surface area contributed by atoms with Gasteiger partial charge in [0.05, 0.1) is 6.54 Å². The molecule has 0 saturated heterocycles. The SMILES string of the molecule is CCN(CCOc1ccccc1)CC(=O)Nc1ccc(NC(C)=O)cc1. The van der Waals surface area contributed by atoms with Crippen LogP contribution in [0.4, 0.5) is 11.4 Å². The van der Waals surface area contributed by atoms with Gasteiger partial charge in [-0.25, -0.2) is 0 Å². The van der Waals surface area contributed by atoms with Gasteiger partial charge < -0.3 is 15.4 Å². The zero-order valence-corrected chi connectivity index (χ0v) is 15.2. The second-order valence-electron chi connectivity index (χ2n) is 5.84. The summed E-state index contributed by atoms with van der Waals surface area (Å²) >= 11 is 0. The molecule has 26 heavy (non-hydrogen) atoms. The van der Waals surface area contributed by atoms with Crippen LogP contribution in [0, 0.1) is 0 Å². The van der Waals surface area contributed by atoms with Crippen LogP contribution >= 0.6 is 0 Å². The van der Waals surface area contributed by atoms with Gasteiger partial charge in [-0.2, -0.15) is 0 Å². The number of ether oxygens (including phenoxy) is 1. The summed E-state index contributed by atoms with van der Waals surface area (Å²) in [5.74, 6) is 0.615. The Morgan fingerprint density at radius 2 is 1.58 bits per heavy atom. The number of amides is 2. The highest BCUT2D eigenvalue weighted by atomic mass is 16.5. The summed E-state index contributed by atoms with van der Waals surface area (Å²) in [6.45, 7) is 5.71. The summed E-state index contributed by atoms with van der Waals surface area (Å²) in [7, 11) is 0. The minimum absolute atomic E-state index is 0.0844. The maximum atomic E-state index is 12.2. The highest BCUT2D eigenvalue weighted by Crippen LogP contribution is 2.13. The van der Waals surface area contributed by atoms with E-state index in [2.05, 4.69) is 10.6 Å². The fraction of sp³-hybridized carbons (Fsp3) is 0.300. The molecule has 2 aromatic carbocycles. The van der Waals surface area contributed by atoms with Crippen molar-refractivity contribution in [2.24, 2.45) is 0 Å². The van der Waals surface area contributed by atoms with E-state index in [-0.39, 0.29) is 11.8 Å². The van der Waals surface area contributed by atoms with Gasteiger partial charge in [-0.15, -0.1) is 0 Å². The molecule has 0 aliphatic heterocycles. The van der Waals surface area contributed by atoms with E-state index in [9.17, 15) is 9.59 Å². The molecule has 2 N–H and O–H groups in total. The van der Waals surface area contributed by atoms with Gasteiger partial charge in [0.1, 0.15) is 12.4 Å². The smallest absolute Gasteiger partial charge is 0.238 e. The summed E-state index contributed by atoms with van der Waals surface area (Å²) in [5, 5.41) is 5.55. The average molecular weight is 355 g/mol. The maximum absolute atomic E-state index is 12.2. The standard InChI is InChI=1S/C20H25N3O3/c1-3-23(13-14-26-19-7-5-4-6-8-19)15-20(25)22-18-11-9-17(10-12-18)21-16(2)24/h4-12H,3,13-15H2,1-2H3,(H,21,24)(H,22,25). The van der Waals surface area contributed by atoms with Crippen LogP contribution < -0.4 is 15.4 Å². The molecule has 2 rings (SSSR count). The number of carbonyl (C=O) groups excluding carboxylic acids is 2. The lowest BCUT2D eigenvalue weighted by atomic mass is 10.2. The van der Waals surface area contributed by atoms with Gasteiger partial charge in [-0.3, -0.25) is 14.5 Å². The number of benzene rings is 2. The van der Waals surface area contributed by atoms with Crippen LogP contribution in [0.2, 0.25) is 0 Å². The molecule has 0 aliphatic carbocycles. The number of hydrogen-bond acceptors (Lipinski definition) is 4. The third-order valence-corrected chi connectivity index (χ3v) is 3.72. The Labute approximate surface area is 154 Å². The van der Waals surface area contributed by atoms with Crippen molar-refractivity contribution < 1.29 is 14.3 Å². The fourth-order valence-electron chi connectivity index (χ4n) is 2.40. The molecule has 138 valence electrons. The van der Waals surface area contributed by atoms with E-state index in [1.165, 1.54) is 6.92 Å².